The second-order valence-corrected chi connectivity index (χ2v) is 11.1. The fraction of sp³-hybridized carbons (Fsp3) is 0.281. The number of aromatic nitrogens is 5. The number of fused-ring (bicyclic) bond motifs is 1. The van der Waals surface area contributed by atoms with E-state index in [0.29, 0.717) is 47.0 Å². The molecular weight excluding hydrogens is 585 g/mol. The zero-order chi connectivity index (χ0) is 31.7. The summed E-state index contributed by atoms with van der Waals surface area (Å²) in [4.78, 5) is 35.2. The minimum atomic E-state index is -4.57. The van der Waals surface area contributed by atoms with Gasteiger partial charge in [-0.05, 0) is 61.5 Å². The molecule has 5 aromatic rings. The van der Waals surface area contributed by atoms with Gasteiger partial charge in [0.1, 0.15) is 5.75 Å². The van der Waals surface area contributed by atoms with Crippen LogP contribution in [0.3, 0.4) is 0 Å². The number of amides is 1. The Kier molecular flexibility index (Phi) is 8.21. The molecule has 1 N–H and O–H groups in total. The summed E-state index contributed by atoms with van der Waals surface area (Å²) >= 11 is 0. The van der Waals surface area contributed by atoms with Crippen LogP contribution in [-0.2, 0) is 19.8 Å². The largest absolute Gasteiger partial charge is 0.437 e. The average molecular weight is 617 g/mol. The molecule has 1 fully saturated rings. The lowest BCUT2D eigenvalue weighted by Crippen LogP contribution is -2.44. The molecule has 3 aromatic heterocycles. The van der Waals surface area contributed by atoms with Gasteiger partial charge < -0.3 is 19.5 Å². The minimum Gasteiger partial charge on any atom is -0.437 e. The highest BCUT2D eigenvalue weighted by Gasteiger charge is 2.34. The molecule has 4 heterocycles. The number of benzene rings is 2. The quantitative estimate of drug-likeness (QED) is 0.254. The number of hydrogen-bond acceptors (Lipinski definition) is 8. The van der Waals surface area contributed by atoms with E-state index in [0.717, 1.165) is 19.2 Å². The van der Waals surface area contributed by atoms with Gasteiger partial charge in [-0.2, -0.15) is 18.2 Å². The lowest BCUT2D eigenvalue weighted by atomic mass is 10.0. The summed E-state index contributed by atoms with van der Waals surface area (Å²) in [5.41, 5.74) is 2.02. The molecule has 0 atom stereocenters. The Bertz CT molecular complexity index is 1850. The molecular formula is C32H31F3N8O2. The first-order chi connectivity index (χ1) is 21.5. The Hall–Kier alpha value is -4.88. The van der Waals surface area contributed by atoms with E-state index in [1.54, 1.807) is 48.5 Å². The van der Waals surface area contributed by atoms with Gasteiger partial charge in [0, 0.05) is 69.0 Å². The Morgan fingerprint density at radius 3 is 2.56 bits per heavy atom. The average Bonchev–Trinajstić information content (AvgIpc) is 3.40. The predicted octanol–water partition coefficient (Wildman–Crippen LogP) is 5.54. The third-order valence-corrected chi connectivity index (χ3v) is 7.77. The number of halogens is 3. The van der Waals surface area contributed by atoms with Crippen molar-refractivity contribution in [2.24, 2.45) is 7.05 Å². The molecule has 2 aromatic carbocycles. The van der Waals surface area contributed by atoms with Crippen molar-refractivity contribution in [1.82, 2.24) is 34.3 Å². The Morgan fingerprint density at radius 2 is 1.82 bits per heavy atom. The van der Waals surface area contributed by atoms with Gasteiger partial charge in [0.15, 0.2) is 17.0 Å². The van der Waals surface area contributed by atoms with Crippen LogP contribution in [0.15, 0.2) is 67.3 Å². The van der Waals surface area contributed by atoms with E-state index in [9.17, 15) is 18.0 Å². The van der Waals surface area contributed by atoms with E-state index in [1.165, 1.54) is 18.2 Å². The Morgan fingerprint density at radius 1 is 1.02 bits per heavy atom. The van der Waals surface area contributed by atoms with Crippen molar-refractivity contribution in [3.63, 3.8) is 0 Å². The molecule has 1 aliphatic heterocycles. The summed E-state index contributed by atoms with van der Waals surface area (Å²) < 4.78 is 50.2. The summed E-state index contributed by atoms with van der Waals surface area (Å²) in [6.45, 7) is 4.97. The van der Waals surface area contributed by atoms with E-state index in [1.807, 2.05) is 24.9 Å². The maximum Gasteiger partial charge on any atom is 0.416 e. The van der Waals surface area contributed by atoms with Gasteiger partial charge in [0.2, 0.25) is 0 Å². The number of nitrogens with zero attached hydrogens (tertiary/aromatic N) is 7. The van der Waals surface area contributed by atoms with Crippen LogP contribution in [0, 0.1) is 6.92 Å². The summed E-state index contributed by atoms with van der Waals surface area (Å²) in [6.07, 6.45) is 0.315. The maximum atomic E-state index is 14.1. The molecule has 1 aliphatic rings. The first-order valence-electron chi connectivity index (χ1n) is 14.4. The predicted molar refractivity (Wildman–Crippen MR) is 163 cm³/mol. The molecule has 0 spiro atoms. The first-order valence-corrected chi connectivity index (χ1v) is 14.4. The number of imidazole rings is 1. The van der Waals surface area contributed by atoms with E-state index in [2.05, 4.69) is 30.2 Å². The van der Waals surface area contributed by atoms with Gasteiger partial charge in [-0.15, -0.1) is 0 Å². The monoisotopic (exact) mass is 616 g/mol. The normalized spacial score (nSPS) is 14.5. The fourth-order valence-electron chi connectivity index (χ4n) is 5.14. The van der Waals surface area contributed by atoms with Crippen LogP contribution in [0.4, 0.5) is 18.9 Å². The van der Waals surface area contributed by atoms with Crippen molar-refractivity contribution >= 4 is 22.8 Å². The number of alkyl halides is 3. The molecule has 0 bridgehead atoms. The Balaban J connectivity index is 1.25. The van der Waals surface area contributed by atoms with E-state index in [4.69, 9.17) is 4.74 Å². The lowest BCUT2D eigenvalue weighted by Gasteiger charge is -2.33. The molecule has 0 aliphatic carbocycles. The summed E-state index contributed by atoms with van der Waals surface area (Å²) in [5.74, 6) is 0.327. The molecule has 45 heavy (non-hydrogen) atoms. The van der Waals surface area contributed by atoms with Crippen molar-refractivity contribution in [2.45, 2.75) is 19.6 Å². The number of pyridine rings is 1. The highest BCUT2D eigenvalue weighted by molar-refractivity contribution is 6.04. The second kappa shape index (κ2) is 12.3. The molecule has 1 saturated heterocycles. The van der Waals surface area contributed by atoms with Crippen molar-refractivity contribution in [2.75, 3.05) is 38.5 Å². The highest BCUT2D eigenvalue weighted by Crippen LogP contribution is 2.35. The van der Waals surface area contributed by atoms with Crippen LogP contribution < -0.4 is 10.1 Å². The molecule has 0 saturated carbocycles. The first kappa shape index (κ1) is 30.2. The standard InChI is InChI=1S/C32H31F3N8O2/c1-20-6-7-21(15-26(20)45-31-27-29(42(3)19-37-27)39-28(40-31)22-5-4-10-36-17-22)30(44)38-24-9-8-23(25(16-24)32(33,34)35)18-43-13-11-41(2)12-14-43/h4-10,15-17,19H,11-14,18H2,1-3H3,(H,38,44). The SMILES string of the molecule is Cc1ccc(C(=O)Nc2ccc(CN3CCN(C)CC3)c(C(F)(F)F)c2)cc1Oc1nc(-c2cccnc2)nc2c1ncn2C. The number of aryl methyl sites for hydroxylation is 2. The number of ether oxygens (including phenoxy) is 1. The van der Waals surface area contributed by atoms with Crippen LogP contribution in [-0.4, -0.2) is 73.4 Å². The van der Waals surface area contributed by atoms with Gasteiger partial charge >= 0.3 is 6.18 Å². The van der Waals surface area contributed by atoms with Crippen LogP contribution >= 0.6 is 0 Å². The zero-order valence-electron chi connectivity index (χ0n) is 25.0. The minimum absolute atomic E-state index is 0.0459. The topological polar surface area (TPSA) is 101 Å². The lowest BCUT2D eigenvalue weighted by molar-refractivity contribution is -0.138. The fourth-order valence-corrected chi connectivity index (χ4v) is 5.14. The van der Waals surface area contributed by atoms with Gasteiger partial charge in [0.05, 0.1) is 11.9 Å². The summed E-state index contributed by atoms with van der Waals surface area (Å²) in [6, 6.07) is 12.3. The van der Waals surface area contributed by atoms with Crippen LogP contribution in [0.25, 0.3) is 22.6 Å². The van der Waals surface area contributed by atoms with Crippen LogP contribution in [0.2, 0.25) is 0 Å². The van der Waals surface area contributed by atoms with Gasteiger partial charge in [-0.3, -0.25) is 14.7 Å². The third-order valence-electron chi connectivity index (χ3n) is 7.77. The van der Waals surface area contributed by atoms with Crippen LogP contribution in [0.1, 0.15) is 27.0 Å². The van der Waals surface area contributed by atoms with E-state index >= 15 is 0 Å². The molecule has 232 valence electrons. The molecule has 13 heteroatoms. The Labute approximate surface area is 257 Å². The van der Waals surface area contributed by atoms with Gasteiger partial charge in [0.25, 0.3) is 11.8 Å². The zero-order valence-corrected chi connectivity index (χ0v) is 25.0. The van der Waals surface area contributed by atoms with Crippen LogP contribution in [0.5, 0.6) is 11.6 Å². The van der Waals surface area contributed by atoms with Gasteiger partial charge in [-0.1, -0.05) is 12.1 Å². The number of nitrogens with one attached hydrogen (secondary N) is 1. The van der Waals surface area contributed by atoms with E-state index < -0.39 is 17.6 Å². The van der Waals surface area contributed by atoms with Crippen molar-refractivity contribution in [3.8, 4) is 23.0 Å². The number of anilines is 1. The third kappa shape index (κ3) is 6.64. The number of hydrogen-bond donors (Lipinski definition) is 1. The summed E-state index contributed by atoms with van der Waals surface area (Å²) in [5, 5.41) is 2.62. The van der Waals surface area contributed by atoms with Crippen molar-refractivity contribution in [1.29, 1.82) is 0 Å². The number of carbonyl (C=O) groups is 1. The van der Waals surface area contributed by atoms with E-state index in [-0.39, 0.29) is 29.2 Å². The van der Waals surface area contributed by atoms with Crippen molar-refractivity contribution in [3.05, 3.63) is 89.5 Å². The maximum absolute atomic E-state index is 14.1. The molecule has 0 radical (unpaired) electrons. The van der Waals surface area contributed by atoms with Crippen molar-refractivity contribution < 1.29 is 22.7 Å². The number of piperazine rings is 1. The van der Waals surface area contributed by atoms with Gasteiger partial charge in [-0.25, -0.2) is 9.97 Å². The summed E-state index contributed by atoms with van der Waals surface area (Å²) in [7, 11) is 3.80. The smallest absolute Gasteiger partial charge is 0.416 e. The number of likely N-dealkylation sites (N-methyl/N-ethyl adjacent to an activating group) is 1. The second-order valence-electron chi connectivity index (χ2n) is 11.1. The number of rotatable bonds is 7. The molecule has 6 rings (SSSR count). The number of carbonyl (C=O) groups excluding carboxylic acids is 1. The molecule has 10 nitrogen and oxygen atoms in total. The molecule has 0 unspecified atom stereocenters. The molecule has 1 amide bonds. The highest BCUT2D eigenvalue weighted by atomic mass is 19.4.